The first-order chi connectivity index (χ1) is 16.2. The topological polar surface area (TPSA) is 69.6 Å². The number of aliphatic hydroxyl groups is 2. The van der Waals surface area contributed by atoms with Crippen LogP contribution in [0.5, 0.6) is 0 Å². The molecular weight excluding hydrogens is 410 g/mol. The number of hydrogen-bond acceptors (Lipinski definition) is 3. The van der Waals surface area contributed by atoms with Gasteiger partial charge in [-0.05, 0) is 38.5 Å². The Morgan fingerprint density at radius 3 is 1.79 bits per heavy atom. The molecule has 0 radical (unpaired) electrons. The van der Waals surface area contributed by atoms with Crippen LogP contribution in [0.1, 0.15) is 136 Å². The summed E-state index contributed by atoms with van der Waals surface area (Å²) < 4.78 is 0. The third-order valence-electron chi connectivity index (χ3n) is 6.16. The second-order valence-corrected chi connectivity index (χ2v) is 9.46. The molecule has 4 nitrogen and oxygen atoms in total. The van der Waals surface area contributed by atoms with Crippen LogP contribution in [0.3, 0.4) is 0 Å². The quantitative estimate of drug-likeness (QED) is 0.103. The number of allylic oxidation sites excluding steroid dienone is 3. The van der Waals surface area contributed by atoms with Crippen molar-refractivity contribution in [1.29, 1.82) is 0 Å². The summed E-state index contributed by atoms with van der Waals surface area (Å²) in [4.78, 5) is 12.1. The van der Waals surface area contributed by atoms with Crippen molar-refractivity contribution in [2.75, 3.05) is 6.61 Å². The second-order valence-electron chi connectivity index (χ2n) is 9.46. The van der Waals surface area contributed by atoms with Gasteiger partial charge in [0, 0.05) is 6.42 Å². The molecule has 3 N–H and O–H groups in total. The minimum Gasteiger partial charge on any atom is -0.394 e. The molecule has 33 heavy (non-hydrogen) atoms. The summed E-state index contributed by atoms with van der Waals surface area (Å²) in [6.45, 7) is 4.19. The van der Waals surface area contributed by atoms with E-state index >= 15 is 0 Å². The fourth-order valence-electron chi connectivity index (χ4n) is 3.94. The standard InChI is InChI=1S/C29H55NO3/c1-3-5-7-9-11-13-15-16-18-20-22-24-28(32)27(26-31)30-29(33)25-23-21-19-17-14-12-10-8-6-4-2/h8,10,22,24,27-28,31-32H,3-7,9,11-21,23,25-26H2,1-2H3,(H,30,33)/b10-8-,24-22+. The van der Waals surface area contributed by atoms with Crippen molar-refractivity contribution < 1.29 is 15.0 Å². The van der Waals surface area contributed by atoms with Crippen molar-refractivity contribution in [3.8, 4) is 0 Å². The van der Waals surface area contributed by atoms with Crippen LogP contribution in [0.4, 0.5) is 0 Å². The lowest BCUT2D eigenvalue weighted by Crippen LogP contribution is -2.45. The molecule has 0 aromatic heterocycles. The van der Waals surface area contributed by atoms with E-state index < -0.39 is 12.1 Å². The molecule has 0 fully saturated rings. The highest BCUT2D eigenvalue weighted by Gasteiger charge is 2.17. The molecule has 0 saturated heterocycles. The predicted octanol–water partition coefficient (Wildman–Crippen LogP) is 7.39. The van der Waals surface area contributed by atoms with Crippen molar-refractivity contribution >= 4 is 5.91 Å². The summed E-state index contributed by atoms with van der Waals surface area (Å²) in [6, 6.07) is -0.619. The molecule has 0 aromatic rings. The second kappa shape index (κ2) is 25.5. The molecule has 0 rings (SSSR count). The molecule has 4 heteroatoms. The number of aliphatic hydroxyl groups excluding tert-OH is 2. The molecule has 1 amide bonds. The van der Waals surface area contributed by atoms with Gasteiger partial charge in [-0.3, -0.25) is 4.79 Å². The van der Waals surface area contributed by atoms with Gasteiger partial charge in [-0.2, -0.15) is 0 Å². The molecule has 0 bridgehead atoms. The van der Waals surface area contributed by atoms with Crippen LogP contribution in [-0.2, 0) is 4.79 Å². The van der Waals surface area contributed by atoms with Gasteiger partial charge in [-0.1, -0.05) is 115 Å². The van der Waals surface area contributed by atoms with E-state index in [0.717, 1.165) is 38.5 Å². The fourth-order valence-corrected chi connectivity index (χ4v) is 3.94. The fraction of sp³-hybridized carbons (Fsp3) is 0.828. The first-order valence-corrected chi connectivity index (χ1v) is 14.1. The monoisotopic (exact) mass is 465 g/mol. The highest BCUT2D eigenvalue weighted by molar-refractivity contribution is 5.76. The summed E-state index contributed by atoms with van der Waals surface area (Å²) in [5, 5.41) is 22.6. The van der Waals surface area contributed by atoms with Crippen LogP contribution >= 0.6 is 0 Å². The van der Waals surface area contributed by atoms with Gasteiger partial charge in [-0.25, -0.2) is 0 Å². The number of carbonyl (C=O) groups excluding carboxylic acids is 1. The Bertz CT molecular complexity index is 475. The van der Waals surface area contributed by atoms with Crippen LogP contribution in [0.2, 0.25) is 0 Å². The zero-order valence-electron chi connectivity index (χ0n) is 21.9. The molecule has 0 aliphatic rings. The number of carbonyl (C=O) groups is 1. The molecule has 0 aromatic carbocycles. The van der Waals surface area contributed by atoms with E-state index in [1.807, 2.05) is 6.08 Å². The Morgan fingerprint density at radius 2 is 1.21 bits per heavy atom. The van der Waals surface area contributed by atoms with E-state index in [-0.39, 0.29) is 12.5 Å². The van der Waals surface area contributed by atoms with Crippen LogP contribution in [-0.4, -0.2) is 34.9 Å². The molecule has 0 heterocycles. The van der Waals surface area contributed by atoms with Crippen LogP contribution in [0.15, 0.2) is 24.3 Å². The van der Waals surface area contributed by atoms with E-state index in [2.05, 4.69) is 31.3 Å². The van der Waals surface area contributed by atoms with Gasteiger partial charge in [0.15, 0.2) is 0 Å². The third kappa shape index (κ3) is 22.4. The smallest absolute Gasteiger partial charge is 0.220 e. The molecular formula is C29H55NO3. The van der Waals surface area contributed by atoms with Gasteiger partial charge in [0.2, 0.25) is 5.91 Å². The first-order valence-electron chi connectivity index (χ1n) is 14.1. The first kappa shape index (κ1) is 31.9. The zero-order chi connectivity index (χ0) is 24.4. The van der Waals surface area contributed by atoms with Crippen LogP contribution < -0.4 is 5.32 Å². The van der Waals surface area contributed by atoms with Gasteiger partial charge in [-0.15, -0.1) is 0 Å². The third-order valence-corrected chi connectivity index (χ3v) is 6.16. The van der Waals surface area contributed by atoms with Gasteiger partial charge in [0.05, 0.1) is 18.8 Å². The average Bonchev–Trinajstić information content (AvgIpc) is 2.82. The molecule has 2 atom stereocenters. The Hall–Kier alpha value is -1.13. The molecule has 0 aliphatic carbocycles. The van der Waals surface area contributed by atoms with Crippen molar-refractivity contribution in [1.82, 2.24) is 5.32 Å². The van der Waals surface area contributed by atoms with Crippen molar-refractivity contribution in [3.05, 3.63) is 24.3 Å². The summed E-state index contributed by atoms with van der Waals surface area (Å²) in [6.07, 6.45) is 29.6. The van der Waals surface area contributed by atoms with E-state index in [4.69, 9.17) is 0 Å². The van der Waals surface area contributed by atoms with Gasteiger partial charge < -0.3 is 15.5 Å². The highest BCUT2D eigenvalue weighted by atomic mass is 16.3. The largest absolute Gasteiger partial charge is 0.394 e. The summed E-state index contributed by atoms with van der Waals surface area (Å²) in [5.74, 6) is -0.0806. The van der Waals surface area contributed by atoms with Crippen molar-refractivity contribution in [2.45, 2.75) is 148 Å². The Morgan fingerprint density at radius 1 is 0.697 bits per heavy atom. The number of hydrogen-bond donors (Lipinski definition) is 3. The Labute approximate surface area is 205 Å². The summed E-state index contributed by atoms with van der Waals surface area (Å²) >= 11 is 0. The van der Waals surface area contributed by atoms with Crippen LogP contribution in [0.25, 0.3) is 0 Å². The SMILES string of the molecule is CCC/C=C\CCCCCCCC(=O)NC(CO)C(O)/C=C/CCCCCCCCCCC. The normalized spacial score (nSPS) is 13.7. The number of unbranched alkanes of at least 4 members (excludes halogenated alkanes) is 15. The molecule has 0 spiro atoms. The summed E-state index contributed by atoms with van der Waals surface area (Å²) in [5.41, 5.74) is 0. The predicted molar refractivity (Wildman–Crippen MR) is 142 cm³/mol. The van der Waals surface area contributed by atoms with Gasteiger partial charge >= 0.3 is 0 Å². The lowest BCUT2D eigenvalue weighted by Gasteiger charge is -2.20. The maximum absolute atomic E-state index is 12.1. The minimum atomic E-state index is -0.835. The number of rotatable bonds is 24. The average molecular weight is 466 g/mol. The Balaban J connectivity index is 3.74. The maximum atomic E-state index is 12.1. The summed E-state index contributed by atoms with van der Waals surface area (Å²) in [7, 11) is 0. The van der Waals surface area contributed by atoms with E-state index in [1.54, 1.807) is 6.08 Å². The molecule has 2 unspecified atom stereocenters. The number of amides is 1. The number of nitrogens with one attached hydrogen (secondary N) is 1. The lowest BCUT2D eigenvalue weighted by atomic mass is 10.1. The van der Waals surface area contributed by atoms with Gasteiger partial charge in [0.1, 0.15) is 0 Å². The van der Waals surface area contributed by atoms with E-state index in [1.165, 1.54) is 77.0 Å². The molecule has 0 saturated carbocycles. The highest BCUT2D eigenvalue weighted by Crippen LogP contribution is 2.11. The van der Waals surface area contributed by atoms with Crippen molar-refractivity contribution in [3.63, 3.8) is 0 Å². The van der Waals surface area contributed by atoms with E-state index in [0.29, 0.717) is 6.42 Å². The minimum absolute atomic E-state index is 0.0806. The molecule has 194 valence electrons. The van der Waals surface area contributed by atoms with Gasteiger partial charge in [0.25, 0.3) is 0 Å². The van der Waals surface area contributed by atoms with Crippen molar-refractivity contribution in [2.24, 2.45) is 0 Å². The molecule has 0 aliphatic heterocycles. The lowest BCUT2D eigenvalue weighted by molar-refractivity contribution is -0.123. The zero-order valence-corrected chi connectivity index (χ0v) is 21.9. The maximum Gasteiger partial charge on any atom is 0.220 e. The Kier molecular flexibility index (Phi) is 24.6. The van der Waals surface area contributed by atoms with Crippen LogP contribution in [0, 0.1) is 0 Å². The van der Waals surface area contributed by atoms with E-state index in [9.17, 15) is 15.0 Å².